The van der Waals surface area contributed by atoms with Crippen LogP contribution in [-0.2, 0) is 4.79 Å². The van der Waals surface area contributed by atoms with Crippen LogP contribution in [0.15, 0.2) is 48.5 Å². The molecule has 0 aliphatic carbocycles. The van der Waals surface area contributed by atoms with Crippen molar-refractivity contribution < 1.29 is 14.6 Å². The molecular weight excluding hydrogens is 290 g/mol. The molecule has 0 bridgehead atoms. The average molecular weight is 306 g/mol. The van der Waals surface area contributed by atoms with Crippen LogP contribution in [0.5, 0.6) is 5.75 Å². The number of halogens is 1. The molecule has 2 aromatic rings. The van der Waals surface area contributed by atoms with Crippen molar-refractivity contribution in [2.75, 3.05) is 11.9 Å². The lowest BCUT2D eigenvalue weighted by molar-refractivity contribution is -0.138. The number of benzene rings is 2. The van der Waals surface area contributed by atoms with Crippen LogP contribution in [0.2, 0.25) is 5.02 Å². The minimum absolute atomic E-state index is 0.534. The highest BCUT2D eigenvalue weighted by Gasteiger charge is 2.20. The van der Waals surface area contributed by atoms with E-state index < -0.39 is 12.0 Å². The van der Waals surface area contributed by atoms with Gasteiger partial charge in [0.25, 0.3) is 0 Å². The molecular formula is C16H16ClNO3. The fourth-order valence-electron chi connectivity index (χ4n) is 1.95. The minimum Gasteiger partial charge on any atom is -0.494 e. The van der Waals surface area contributed by atoms with Crippen molar-refractivity contribution >= 4 is 23.3 Å². The predicted octanol–water partition coefficient (Wildman–Crippen LogP) is 3.98. The van der Waals surface area contributed by atoms with Crippen LogP contribution >= 0.6 is 11.6 Å². The van der Waals surface area contributed by atoms with E-state index in [4.69, 9.17) is 16.3 Å². The highest BCUT2D eigenvalue weighted by Crippen LogP contribution is 2.24. The molecule has 0 radical (unpaired) electrons. The Morgan fingerprint density at radius 3 is 2.62 bits per heavy atom. The predicted molar refractivity (Wildman–Crippen MR) is 83.1 cm³/mol. The number of ether oxygens (including phenoxy) is 1. The summed E-state index contributed by atoms with van der Waals surface area (Å²) in [6.45, 7) is 2.42. The fourth-order valence-corrected chi connectivity index (χ4v) is 2.08. The Morgan fingerprint density at radius 1 is 1.29 bits per heavy atom. The monoisotopic (exact) mass is 305 g/mol. The van der Waals surface area contributed by atoms with Gasteiger partial charge in [0.1, 0.15) is 5.75 Å². The molecule has 21 heavy (non-hydrogen) atoms. The van der Waals surface area contributed by atoms with Gasteiger partial charge in [0.05, 0.1) is 6.61 Å². The highest BCUT2D eigenvalue weighted by molar-refractivity contribution is 6.30. The summed E-state index contributed by atoms with van der Waals surface area (Å²) in [5.41, 5.74) is 1.32. The lowest BCUT2D eigenvalue weighted by atomic mass is 10.1. The lowest BCUT2D eigenvalue weighted by Crippen LogP contribution is -2.20. The number of nitrogens with one attached hydrogen (secondary N) is 1. The van der Waals surface area contributed by atoms with Crippen LogP contribution in [0, 0.1) is 0 Å². The molecule has 4 nitrogen and oxygen atoms in total. The van der Waals surface area contributed by atoms with Crippen molar-refractivity contribution in [2.45, 2.75) is 13.0 Å². The van der Waals surface area contributed by atoms with Crippen molar-refractivity contribution in [2.24, 2.45) is 0 Å². The van der Waals surface area contributed by atoms with Crippen LogP contribution in [-0.4, -0.2) is 17.7 Å². The SMILES string of the molecule is CCOc1cccc(C(Nc2ccc(Cl)cc2)C(=O)O)c1. The largest absolute Gasteiger partial charge is 0.494 e. The summed E-state index contributed by atoms with van der Waals surface area (Å²) in [7, 11) is 0. The van der Waals surface area contributed by atoms with E-state index in [0.717, 1.165) is 0 Å². The van der Waals surface area contributed by atoms with Crippen LogP contribution < -0.4 is 10.1 Å². The van der Waals surface area contributed by atoms with Crippen molar-refractivity contribution in [1.82, 2.24) is 0 Å². The molecule has 0 aliphatic heterocycles. The second-order valence-corrected chi connectivity index (χ2v) is 4.86. The van der Waals surface area contributed by atoms with Gasteiger partial charge in [0, 0.05) is 10.7 Å². The molecule has 1 unspecified atom stereocenters. The summed E-state index contributed by atoms with van der Waals surface area (Å²) in [4.78, 5) is 11.5. The maximum atomic E-state index is 11.5. The normalized spacial score (nSPS) is 11.7. The molecule has 0 heterocycles. The number of rotatable bonds is 6. The Morgan fingerprint density at radius 2 is 2.00 bits per heavy atom. The number of carbonyl (C=O) groups is 1. The van der Waals surface area contributed by atoms with Gasteiger partial charge in [-0.05, 0) is 48.9 Å². The molecule has 0 saturated carbocycles. The molecule has 110 valence electrons. The Bertz CT molecular complexity index is 613. The summed E-state index contributed by atoms with van der Waals surface area (Å²) in [6.07, 6.45) is 0. The molecule has 0 aliphatic rings. The summed E-state index contributed by atoms with van der Waals surface area (Å²) < 4.78 is 5.40. The second-order valence-electron chi connectivity index (χ2n) is 4.43. The van der Waals surface area contributed by atoms with Gasteiger partial charge in [-0.3, -0.25) is 0 Å². The van der Waals surface area contributed by atoms with E-state index in [2.05, 4.69) is 5.32 Å². The van der Waals surface area contributed by atoms with Gasteiger partial charge in [0.15, 0.2) is 6.04 Å². The van der Waals surface area contributed by atoms with Crippen LogP contribution in [0.3, 0.4) is 0 Å². The molecule has 2 N–H and O–H groups in total. The quantitative estimate of drug-likeness (QED) is 0.847. The van der Waals surface area contributed by atoms with Gasteiger partial charge in [-0.25, -0.2) is 4.79 Å². The number of carboxylic acids is 1. The van der Waals surface area contributed by atoms with Crippen molar-refractivity contribution in [3.05, 3.63) is 59.1 Å². The smallest absolute Gasteiger partial charge is 0.330 e. The molecule has 2 rings (SSSR count). The first-order valence-electron chi connectivity index (χ1n) is 6.58. The molecule has 2 aromatic carbocycles. The summed E-state index contributed by atoms with van der Waals surface area (Å²) in [5.74, 6) is -0.308. The highest BCUT2D eigenvalue weighted by atomic mass is 35.5. The lowest BCUT2D eigenvalue weighted by Gasteiger charge is -2.17. The van der Waals surface area contributed by atoms with Gasteiger partial charge in [0.2, 0.25) is 0 Å². The number of hydrogen-bond acceptors (Lipinski definition) is 3. The first-order chi connectivity index (χ1) is 10.1. The summed E-state index contributed by atoms with van der Waals surface area (Å²) in [5, 5.41) is 13.0. The Balaban J connectivity index is 2.24. The Kier molecular flexibility index (Phi) is 5.06. The third kappa shape index (κ3) is 4.13. The van der Waals surface area contributed by atoms with Crippen LogP contribution in [0.4, 0.5) is 5.69 Å². The fraction of sp³-hybridized carbons (Fsp3) is 0.188. The Hall–Kier alpha value is -2.20. The van der Waals surface area contributed by atoms with E-state index in [1.54, 1.807) is 48.5 Å². The topological polar surface area (TPSA) is 58.6 Å². The maximum Gasteiger partial charge on any atom is 0.330 e. The summed E-state index contributed by atoms with van der Waals surface area (Å²) in [6, 6.07) is 13.1. The zero-order chi connectivity index (χ0) is 15.2. The van der Waals surface area contributed by atoms with Gasteiger partial charge < -0.3 is 15.2 Å². The minimum atomic E-state index is -0.960. The molecule has 0 saturated heterocycles. The third-order valence-electron chi connectivity index (χ3n) is 2.90. The first kappa shape index (κ1) is 15.2. The van der Waals surface area contributed by atoms with Crippen molar-refractivity contribution in [1.29, 1.82) is 0 Å². The van der Waals surface area contributed by atoms with Crippen LogP contribution in [0.1, 0.15) is 18.5 Å². The number of aliphatic carboxylic acids is 1. The van der Waals surface area contributed by atoms with Crippen molar-refractivity contribution in [3.8, 4) is 5.75 Å². The van der Waals surface area contributed by atoms with E-state index in [9.17, 15) is 9.90 Å². The van der Waals surface area contributed by atoms with E-state index in [1.165, 1.54) is 0 Å². The standard InChI is InChI=1S/C16H16ClNO3/c1-2-21-14-5-3-4-11(10-14)15(16(19)20)18-13-8-6-12(17)7-9-13/h3-10,15,18H,2H2,1H3,(H,19,20). The van der Waals surface area contributed by atoms with Crippen LogP contribution in [0.25, 0.3) is 0 Å². The van der Waals surface area contributed by atoms with E-state index in [-0.39, 0.29) is 0 Å². The van der Waals surface area contributed by atoms with Crippen molar-refractivity contribution in [3.63, 3.8) is 0 Å². The van der Waals surface area contributed by atoms with Gasteiger partial charge in [-0.15, -0.1) is 0 Å². The molecule has 0 aromatic heterocycles. The van der Waals surface area contributed by atoms with E-state index in [0.29, 0.717) is 28.6 Å². The third-order valence-corrected chi connectivity index (χ3v) is 3.16. The molecule has 0 amide bonds. The number of hydrogen-bond donors (Lipinski definition) is 2. The first-order valence-corrected chi connectivity index (χ1v) is 6.95. The zero-order valence-corrected chi connectivity index (χ0v) is 12.3. The number of anilines is 1. The maximum absolute atomic E-state index is 11.5. The van der Waals surface area contributed by atoms with E-state index >= 15 is 0 Å². The van der Waals surface area contributed by atoms with Gasteiger partial charge >= 0.3 is 5.97 Å². The molecule has 5 heteroatoms. The Labute approximate surface area is 128 Å². The van der Waals surface area contributed by atoms with E-state index in [1.807, 2.05) is 6.92 Å². The molecule has 0 fully saturated rings. The second kappa shape index (κ2) is 6.99. The summed E-state index contributed by atoms with van der Waals surface area (Å²) >= 11 is 5.82. The molecule has 0 spiro atoms. The average Bonchev–Trinajstić information content (AvgIpc) is 2.47. The van der Waals surface area contributed by atoms with Gasteiger partial charge in [-0.2, -0.15) is 0 Å². The molecule has 1 atom stereocenters. The van der Waals surface area contributed by atoms with Gasteiger partial charge in [-0.1, -0.05) is 23.7 Å². The number of carboxylic acid groups (broad SMARTS) is 1. The zero-order valence-electron chi connectivity index (χ0n) is 11.5.